The molecule has 5 nitrogen and oxygen atoms in total. The molecule has 1 atom stereocenters. The molecule has 0 radical (unpaired) electrons. The molecule has 1 aromatic rings. The monoisotopic (exact) mass is 362 g/mol. The van der Waals surface area contributed by atoms with E-state index < -0.39 is 10.0 Å². The lowest BCUT2D eigenvalue weighted by molar-refractivity contribution is -0.117. The number of benzene rings is 1. The van der Waals surface area contributed by atoms with Crippen LogP contribution in [0.5, 0.6) is 0 Å². The summed E-state index contributed by atoms with van der Waals surface area (Å²) < 4.78 is 27.9. The van der Waals surface area contributed by atoms with E-state index in [1.165, 1.54) is 18.4 Å². The second-order valence-corrected chi connectivity index (χ2v) is 8.98. The van der Waals surface area contributed by atoms with E-state index in [1.54, 1.807) is 18.2 Å². The largest absolute Gasteiger partial charge is 0.325 e. The van der Waals surface area contributed by atoms with E-state index in [1.807, 2.05) is 13.8 Å². The molecule has 1 heterocycles. The second-order valence-electron chi connectivity index (χ2n) is 7.22. The Labute approximate surface area is 149 Å². The Morgan fingerprint density at radius 3 is 2.76 bits per heavy atom. The molecule has 1 aliphatic carbocycles. The summed E-state index contributed by atoms with van der Waals surface area (Å²) in [4.78, 5) is 12.3. The highest BCUT2D eigenvalue weighted by atomic mass is 32.2. The highest BCUT2D eigenvalue weighted by Gasteiger charge is 2.33. The Morgan fingerprint density at radius 1 is 1.28 bits per heavy atom. The Kier molecular flexibility index (Phi) is 5.29. The van der Waals surface area contributed by atoms with Crippen molar-refractivity contribution in [2.45, 2.75) is 56.8 Å². The van der Waals surface area contributed by atoms with Crippen molar-refractivity contribution in [3.8, 4) is 0 Å². The molecule has 6 heteroatoms. The number of nitrogens with one attached hydrogen (secondary N) is 2. The molecule has 1 amide bonds. The highest BCUT2D eigenvalue weighted by Crippen LogP contribution is 2.38. The quantitative estimate of drug-likeness (QED) is 0.760. The Bertz CT molecular complexity index is 797. The smallest absolute Gasteiger partial charge is 0.240 e. The number of carbonyl (C=O) groups excluding carboxylic acids is 1. The van der Waals surface area contributed by atoms with Crippen LogP contribution in [0.25, 0.3) is 0 Å². The van der Waals surface area contributed by atoms with Gasteiger partial charge in [0.15, 0.2) is 0 Å². The lowest BCUT2D eigenvalue weighted by Crippen LogP contribution is -2.25. The van der Waals surface area contributed by atoms with Crippen LogP contribution in [-0.4, -0.2) is 20.9 Å². The average Bonchev–Trinajstić information content (AvgIpc) is 2.90. The normalized spacial score (nSPS) is 20.4. The maximum atomic E-state index is 12.6. The van der Waals surface area contributed by atoms with Gasteiger partial charge in [-0.05, 0) is 61.8 Å². The SMILES string of the molecule is CC(C)C1C(=O)Nc2ccc(S(=O)(=O)NCCC3=CCCCC3)cc21. The van der Waals surface area contributed by atoms with Crippen molar-refractivity contribution in [1.82, 2.24) is 4.72 Å². The van der Waals surface area contributed by atoms with Gasteiger partial charge in [0.25, 0.3) is 0 Å². The summed E-state index contributed by atoms with van der Waals surface area (Å²) in [7, 11) is -3.57. The third-order valence-corrected chi connectivity index (χ3v) is 6.46. The van der Waals surface area contributed by atoms with E-state index in [0.29, 0.717) is 6.54 Å². The molecular formula is C19H26N2O3S. The van der Waals surface area contributed by atoms with Gasteiger partial charge in [-0.1, -0.05) is 25.5 Å². The maximum Gasteiger partial charge on any atom is 0.240 e. The van der Waals surface area contributed by atoms with Crippen LogP contribution in [-0.2, 0) is 14.8 Å². The first-order chi connectivity index (χ1) is 11.9. The first kappa shape index (κ1) is 18.1. The zero-order valence-electron chi connectivity index (χ0n) is 14.8. The molecule has 1 aliphatic heterocycles. The number of rotatable bonds is 6. The molecule has 136 valence electrons. The van der Waals surface area contributed by atoms with Gasteiger partial charge in [-0.25, -0.2) is 13.1 Å². The van der Waals surface area contributed by atoms with Crippen LogP contribution in [0.1, 0.15) is 57.4 Å². The zero-order chi connectivity index (χ0) is 18.0. The van der Waals surface area contributed by atoms with Crippen molar-refractivity contribution in [2.24, 2.45) is 5.92 Å². The van der Waals surface area contributed by atoms with Crippen LogP contribution in [0.3, 0.4) is 0 Å². The molecule has 25 heavy (non-hydrogen) atoms. The highest BCUT2D eigenvalue weighted by molar-refractivity contribution is 7.89. The molecule has 2 aliphatic rings. The summed E-state index contributed by atoms with van der Waals surface area (Å²) in [6.07, 6.45) is 7.60. The number of hydrogen-bond acceptors (Lipinski definition) is 3. The second kappa shape index (κ2) is 7.30. The molecule has 0 aromatic heterocycles. The zero-order valence-corrected chi connectivity index (χ0v) is 15.7. The summed E-state index contributed by atoms with van der Waals surface area (Å²) in [5, 5.41) is 2.83. The van der Waals surface area contributed by atoms with Crippen LogP contribution in [0.15, 0.2) is 34.7 Å². The molecule has 0 saturated carbocycles. The van der Waals surface area contributed by atoms with Gasteiger partial charge in [0.05, 0.1) is 10.8 Å². The fourth-order valence-electron chi connectivity index (χ4n) is 3.65. The Hall–Kier alpha value is -1.66. The van der Waals surface area contributed by atoms with Gasteiger partial charge >= 0.3 is 0 Å². The predicted octanol–water partition coefficient (Wildman–Crippen LogP) is 3.55. The molecule has 0 bridgehead atoms. The summed E-state index contributed by atoms with van der Waals surface area (Å²) in [5.74, 6) is -0.236. The molecule has 1 unspecified atom stereocenters. The van der Waals surface area contributed by atoms with Crippen molar-refractivity contribution in [1.29, 1.82) is 0 Å². The van der Waals surface area contributed by atoms with Crippen LogP contribution in [0.2, 0.25) is 0 Å². The number of anilines is 1. The first-order valence-corrected chi connectivity index (χ1v) is 10.5. The van der Waals surface area contributed by atoms with Gasteiger partial charge in [0, 0.05) is 12.2 Å². The Morgan fingerprint density at radius 2 is 2.08 bits per heavy atom. The van der Waals surface area contributed by atoms with Crippen molar-refractivity contribution in [2.75, 3.05) is 11.9 Å². The molecule has 0 fully saturated rings. The summed E-state index contributed by atoms with van der Waals surface area (Å²) in [6, 6.07) is 4.89. The van der Waals surface area contributed by atoms with Crippen LogP contribution in [0, 0.1) is 5.92 Å². The molecule has 0 spiro atoms. The number of sulfonamides is 1. The summed E-state index contributed by atoms with van der Waals surface area (Å²) >= 11 is 0. The van der Waals surface area contributed by atoms with Gasteiger partial charge in [-0.15, -0.1) is 0 Å². The molecule has 2 N–H and O–H groups in total. The molecule has 3 rings (SSSR count). The van der Waals surface area contributed by atoms with Gasteiger partial charge in [0.2, 0.25) is 15.9 Å². The third-order valence-electron chi connectivity index (χ3n) is 5.00. The minimum Gasteiger partial charge on any atom is -0.325 e. The van der Waals surface area contributed by atoms with Crippen LogP contribution < -0.4 is 10.0 Å². The number of hydrogen-bond donors (Lipinski definition) is 2. The number of carbonyl (C=O) groups is 1. The van der Waals surface area contributed by atoms with Gasteiger partial charge < -0.3 is 5.32 Å². The third kappa shape index (κ3) is 3.96. The van der Waals surface area contributed by atoms with Gasteiger partial charge in [-0.3, -0.25) is 4.79 Å². The number of fused-ring (bicyclic) bond motifs is 1. The maximum absolute atomic E-state index is 12.6. The van der Waals surface area contributed by atoms with Crippen molar-refractivity contribution >= 4 is 21.6 Å². The van der Waals surface area contributed by atoms with Crippen LogP contribution in [0.4, 0.5) is 5.69 Å². The molecular weight excluding hydrogens is 336 g/mol. The van der Waals surface area contributed by atoms with E-state index in [4.69, 9.17) is 0 Å². The van der Waals surface area contributed by atoms with Crippen molar-refractivity contribution < 1.29 is 13.2 Å². The lowest BCUT2D eigenvalue weighted by Gasteiger charge is -2.15. The summed E-state index contributed by atoms with van der Waals surface area (Å²) in [5.41, 5.74) is 2.84. The van der Waals surface area contributed by atoms with E-state index in [0.717, 1.165) is 30.5 Å². The topological polar surface area (TPSA) is 75.3 Å². The van der Waals surface area contributed by atoms with Crippen molar-refractivity contribution in [3.63, 3.8) is 0 Å². The summed E-state index contributed by atoms with van der Waals surface area (Å²) in [6.45, 7) is 4.35. The number of amides is 1. The first-order valence-electron chi connectivity index (χ1n) is 9.01. The van der Waals surface area contributed by atoms with E-state index in [-0.39, 0.29) is 22.6 Å². The van der Waals surface area contributed by atoms with E-state index in [9.17, 15) is 13.2 Å². The Balaban J connectivity index is 1.72. The van der Waals surface area contributed by atoms with Gasteiger partial charge in [0.1, 0.15) is 0 Å². The van der Waals surface area contributed by atoms with E-state index in [2.05, 4.69) is 16.1 Å². The fourth-order valence-corrected chi connectivity index (χ4v) is 4.72. The van der Waals surface area contributed by atoms with E-state index >= 15 is 0 Å². The molecule has 1 aromatic carbocycles. The van der Waals surface area contributed by atoms with Crippen LogP contribution >= 0.6 is 0 Å². The minimum absolute atomic E-state index is 0.0586. The minimum atomic E-state index is -3.57. The molecule has 0 saturated heterocycles. The van der Waals surface area contributed by atoms with Gasteiger partial charge in [-0.2, -0.15) is 0 Å². The number of allylic oxidation sites excluding steroid dienone is 1. The average molecular weight is 362 g/mol. The standard InChI is InChI=1S/C19H26N2O3S/c1-13(2)18-16-12-15(8-9-17(16)21-19(18)22)25(23,24)20-11-10-14-6-4-3-5-7-14/h6,8-9,12-13,18,20H,3-5,7,10-11H2,1-2H3,(H,21,22). The lowest BCUT2D eigenvalue weighted by atomic mass is 9.90. The fraction of sp³-hybridized carbons (Fsp3) is 0.526. The van der Waals surface area contributed by atoms with Crippen molar-refractivity contribution in [3.05, 3.63) is 35.4 Å². The predicted molar refractivity (Wildman–Crippen MR) is 99.0 cm³/mol.